The summed E-state index contributed by atoms with van der Waals surface area (Å²) >= 11 is 1.95. The maximum absolute atomic E-state index is 5.66. The summed E-state index contributed by atoms with van der Waals surface area (Å²) < 4.78 is 5.66. The molecule has 1 aliphatic rings. The van der Waals surface area contributed by atoms with E-state index < -0.39 is 0 Å². The lowest BCUT2D eigenvalue weighted by molar-refractivity contribution is 0.409. The number of aryl methyl sites for hydroxylation is 1. The van der Waals surface area contributed by atoms with Crippen LogP contribution in [0.5, 0.6) is 0 Å². The summed E-state index contributed by atoms with van der Waals surface area (Å²) in [6.07, 6.45) is 6.60. The van der Waals surface area contributed by atoms with Crippen molar-refractivity contribution < 1.29 is 4.42 Å². The van der Waals surface area contributed by atoms with Crippen molar-refractivity contribution in [1.29, 1.82) is 0 Å². The number of nitrogens with zero attached hydrogens (tertiary/aromatic N) is 3. The third-order valence-corrected chi connectivity index (χ3v) is 4.01. The topological polar surface area (TPSA) is 42.2 Å². The van der Waals surface area contributed by atoms with E-state index in [1.807, 2.05) is 11.8 Å². The lowest BCUT2D eigenvalue weighted by Gasteiger charge is -2.30. The van der Waals surface area contributed by atoms with Crippen LogP contribution in [0.2, 0.25) is 0 Å². The van der Waals surface area contributed by atoms with Gasteiger partial charge in [0.05, 0.1) is 0 Å². The predicted molar refractivity (Wildman–Crippen MR) is 71.6 cm³/mol. The maximum atomic E-state index is 5.66. The quantitative estimate of drug-likeness (QED) is 0.809. The highest BCUT2D eigenvalue weighted by atomic mass is 32.2. The van der Waals surface area contributed by atoms with Crippen molar-refractivity contribution in [3.63, 3.8) is 0 Å². The first-order valence-corrected chi connectivity index (χ1v) is 7.79. The normalized spacial score (nSPS) is 17.6. The van der Waals surface area contributed by atoms with Crippen molar-refractivity contribution in [2.45, 2.75) is 32.6 Å². The highest BCUT2D eigenvalue weighted by molar-refractivity contribution is 7.98. The summed E-state index contributed by atoms with van der Waals surface area (Å²) in [5.41, 5.74) is 0. The molecule has 0 N–H and O–H groups in total. The second kappa shape index (κ2) is 6.28. The molecule has 0 unspecified atom stereocenters. The molecule has 5 heteroatoms. The average Bonchev–Trinajstić information content (AvgIpc) is 2.80. The molecule has 4 nitrogen and oxygen atoms in total. The predicted octanol–water partition coefficient (Wildman–Crippen LogP) is 2.60. The van der Waals surface area contributed by atoms with E-state index in [0.717, 1.165) is 43.8 Å². The summed E-state index contributed by atoms with van der Waals surface area (Å²) in [7, 11) is 0. The summed E-state index contributed by atoms with van der Waals surface area (Å²) in [5, 5.41) is 8.21. The van der Waals surface area contributed by atoms with Gasteiger partial charge in [-0.2, -0.15) is 11.8 Å². The summed E-state index contributed by atoms with van der Waals surface area (Å²) in [6, 6.07) is 0.719. The summed E-state index contributed by atoms with van der Waals surface area (Å²) in [4.78, 5) is 2.23. The van der Waals surface area contributed by atoms with Crippen LogP contribution in [-0.2, 0) is 6.42 Å². The van der Waals surface area contributed by atoms with Crippen LogP contribution in [0.3, 0.4) is 0 Å². The molecule has 0 saturated carbocycles. The molecule has 0 amide bonds. The summed E-state index contributed by atoms with van der Waals surface area (Å²) in [6.45, 7) is 4.23. The minimum absolute atomic E-state index is 0.719. The first-order valence-electron chi connectivity index (χ1n) is 6.39. The van der Waals surface area contributed by atoms with Gasteiger partial charge in [-0.1, -0.05) is 12.0 Å². The number of aromatic nitrogens is 2. The van der Waals surface area contributed by atoms with E-state index in [1.54, 1.807) is 0 Å². The van der Waals surface area contributed by atoms with E-state index >= 15 is 0 Å². The van der Waals surface area contributed by atoms with Gasteiger partial charge in [-0.25, -0.2) is 0 Å². The molecule has 1 aromatic rings. The first kappa shape index (κ1) is 12.7. The van der Waals surface area contributed by atoms with E-state index in [2.05, 4.69) is 28.3 Å². The van der Waals surface area contributed by atoms with Gasteiger partial charge in [-0.05, 0) is 37.2 Å². The molecule has 0 radical (unpaired) electrons. The molecule has 2 rings (SSSR count). The number of hydrogen-bond acceptors (Lipinski definition) is 5. The lowest BCUT2D eigenvalue weighted by atomic mass is 9.99. The molecule has 2 heterocycles. The molecule has 0 atom stereocenters. The van der Waals surface area contributed by atoms with E-state index in [0.29, 0.717) is 0 Å². The Hall–Kier alpha value is -0.710. The molecule has 1 saturated heterocycles. The van der Waals surface area contributed by atoms with Crippen molar-refractivity contribution in [3.05, 3.63) is 5.89 Å². The minimum Gasteiger partial charge on any atom is -0.408 e. The number of thioether (sulfide) groups is 1. The molecule has 0 aliphatic carbocycles. The van der Waals surface area contributed by atoms with E-state index in [-0.39, 0.29) is 0 Å². The molecule has 1 aromatic heterocycles. The van der Waals surface area contributed by atoms with Crippen LogP contribution < -0.4 is 4.90 Å². The van der Waals surface area contributed by atoms with Crippen LogP contribution in [0.4, 0.5) is 6.01 Å². The third-order valence-electron chi connectivity index (χ3n) is 3.21. The van der Waals surface area contributed by atoms with Crippen LogP contribution in [-0.4, -0.2) is 35.3 Å². The fourth-order valence-corrected chi connectivity index (χ4v) is 3.02. The Balaban J connectivity index is 1.86. The van der Waals surface area contributed by atoms with Gasteiger partial charge in [0.25, 0.3) is 0 Å². The molecular formula is C12H21N3OS. The Kier molecular flexibility index (Phi) is 4.71. The highest BCUT2D eigenvalue weighted by Crippen LogP contribution is 2.24. The maximum Gasteiger partial charge on any atom is 0.318 e. The fourth-order valence-electron chi connectivity index (χ4n) is 2.21. The number of anilines is 1. The zero-order valence-electron chi connectivity index (χ0n) is 10.7. The SMILES string of the molecule is CCCc1nnc(N2CCC(CSC)CC2)o1. The zero-order chi connectivity index (χ0) is 12.1. The van der Waals surface area contributed by atoms with Crippen molar-refractivity contribution in [1.82, 2.24) is 10.2 Å². The Labute approximate surface area is 107 Å². The zero-order valence-corrected chi connectivity index (χ0v) is 11.5. The molecule has 0 bridgehead atoms. The third kappa shape index (κ3) is 3.37. The first-order chi connectivity index (χ1) is 8.33. The van der Waals surface area contributed by atoms with Crippen molar-refractivity contribution in [2.24, 2.45) is 5.92 Å². The molecule has 0 spiro atoms. The second-order valence-corrected chi connectivity index (χ2v) is 5.52. The van der Waals surface area contributed by atoms with E-state index in [4.69, 9.17) is 4.42 Å². The van der Waals surface area contributed by atoms with Crippen molar-refractivity contribution in [3.8, 4) is 0 Å². The Morgan fingerprint density at radius 3 is 2.76 bits per heavy atom. The van der Waals surface area contributed by atoms with Gasteiger partial charge < -0.3 is 9.32 Å². The Morgan fingerprint density at radius 2 is 2.12 bits per heavy atom. The van der Waals surface area contributed by atoms with Crippen LogP contribution in [0.1, 0.15) is 32.1 Å². The van der Waals surface area contributed by atoms with Gasteiger partial charge in [0.15, 0.2) is 0 Å². The van der Waals surface area contributed by atoms with Crippen LogP contribution in [0.25, 0.3) is 0 Å². The molecule has 1 fully saturated rings. The van der Waals surface area contributed by atoms with Crippen LogP contribution >= 0.6 is 11.8 Å². The van der Waals surface area contributed by atoms with Crippen molar-refractivity contribution >= 4 is 17.8 Å². The molecular weight excluding hydrogens is 234 g/mol. The van der Waals surface area contributed by atoms with E-state index in [9.17, 15) is 0 Å². The smallest absolute Gasteiger partial charge is 0.318 e. The van der Waals surface area contributed by atoms with Gasteiger partial charge in [0.2, 0.25) is 5.89 Å². The monoisotopic (exact) mass is 255 g/mol. The Bertz CT molecular complexity index is 334. The van der Waals surface area contributed by atoms with Gasteiger partial charge in [0, 0.05) is 19.5 Å². The van der Waals surface area contributed by atoms with Gasteiger partial charge in [0.1, 0.15) is 0 Å². The van der Waals surface area contributed by atoms with Gasteiger partial charge in [-0.15, -0.1) is 5.10 Å². The van der Waals surface area contributed by atoms with Gasteiger partial charge in [-0.3, -0.25) is 0 Å². The highest BCUT2D eigenvalue weighted by Gasteiger charge is 2.22. The Morgan fingerprint density at radius 1 is 1.35 bits per heavy atom. The molecule has 0 aromatic carbocycles. The van der Waals surface area contributed by atoms with E-state index in [1.165, 1.54) is 18.6 Å². The standard InChI is InChI=1S/C12H21N3OS/c1-3-4-11-13-14-12(16-11)15-7-5-10(6-8-15)9-17-2/h10H,3-9H2,1-2H3. The number of rotatable bonds is 5. The second-order valence-electron chi connectivity index (χ2n) is 4.61. The number of piperidine rings is 1. The minimum atomic E-state index is 0.719. The largest absolute Gasteiger partial charge is 0.408 e. The molecule has 1 aliphatic heterocycles. The lowest BCUT2D eigenvalue weighted by Crippen LogP contribution is -2.34. The fraction of sp³-hybridized carbons (Fsp3) is 0.833. The van der Waals surface area contributed by atoms with Crippen LogP contribution in [0.15, 0.2) is 4.42 Å². The van der Waals surface area contributed by atoms with Crippen LogP contribution in [0, 0.1) is 5.92 Å². The average molecular weight is 255 g/mol. The van der Waals surface area contributed by atoms with Crippen molar-refractivity contribution in [2.75, 3.05) is 30.0 Å². The molecule has 17 heavy (non-hydrogen) atoms. The molecule has 96 valence electrons. The van der Waals surface area contributed by atoms with Gasteiger partial charge >= 0.3 is 6.01 Å². The number of hydrogen-bond donors (Lipinski definition) is 0. The summed E-state index contributed by atoms with van der Waals surface area (Å²) in [5.74, 6) is 2.91.